The first kappa shape index (κ1) is 28.4. The van der Waals surface area contributed by atoms with E-state index in [-0.39, 0.29) is 47.2 Å². The van der Waals surface area contributed by atoms with Crippen LogP contribution in [0.4, 0.5) is 18.9 Å². The van der Waals surface area contributed by atoms with Crippen molar-refractivity contribution >= 4 is 45.9 Å². The molecule has 11 heteroatoms. The van der Waals surface area contributed by atoms with Gasteiger partial charge in [-0.2, -0.15) is 13.2 Å². The Balaban J connectivity index is 1.15. The number of carbonyl (C=O) groups is 3. The summed E-state index contributed by atoms with van der Waals surface area (Å²) in [5.41, 5.74) is -0.251. The highest BCUT2D eigenvalue weighted by Gasteiger charge is 2.36. The Kier molecular flexibility index (Phi) is 8.08. The second-order valence-corrected chi connectivity index (χ2v) is 11.6. The lowest BCUT2D eigenvalue weighted by Gasteiger charge is -2.37. The fourth-order valence-corrected chi connectivity index (χ4v) is 6.39. The van der Waals surface area contributed by atoms with Crippen LogP contribution in [0.15, 0.2) is 36.4 Å². The number of aromatic nitrogens is 1. The first-order valence-corrected chi connectivity index (χ1v) is 14.1. The topological polar surface area (TPSA) is 82.6 Å². The maximum atomic E-state index is 13.6. The molecule has 0 spiro atoms. The molecule has 7 nitrogen and oxygen atoms in total. The van der Waals surface area contributed by atoms with Crippen LogP contribution in [0.3, 0.4) is 0 Å². The second-order valence-electron chi connectivity index (χ2n) is 11.1. The Hall–Kier alpha value is -3.14. The van der Waals surface area contributed by atoms with Crippen LogP contribution in [0, 0.1) is 11.8 Å². The average molecular weight is 577 g/mol. The summed E-state index contributed by atoms with van der Waals surface area (Å²) in [5, 5.41) is 4.20. The maximum Gasteiger partial charge on any atom is 0.433 e. The Morgan fingerprint density at radius 3 is 2.30 bits per heavy atom. The fourth-order valence-electron chi connectivity index (χ4n) is 6.22. The van der Waals surface area contributed by atoms with Gasteiger partial charge in [-0.25, -0.2) is 4.98 Å². The lowest BCUT2D eigenvalue weighted by atomic mass is 9.81. The number of nitrogens with one attached hydrogen (secondary N) is 1. The van der Waals surface area contributed by atoms with Gasteiger partial charge < -0.3 is 10.2 Å². The van der Waals surface area contributed by atoms with Crippen LogP contribution in [0.1, 0.15) is 57.1 Å². The van der Waals surface area contributed by atoms with Crippen LogP contribution in [-0.4, -0.2) is 53.3 Å². The zero-order valence-corrected chi connectivity index (χ0v) is 23.0. The van der Waals surface area contributed by atoms with E-state index in [1.165, 1.54) is 29.2 Å². The summed E-state index contributed by atoms with van der Waals surface area (Å²) in [5.74, 6) is -0.385. The molecule has 0 radical (unpaired) electrons. The molecule has 0 saturated heterocycles. The molecule has 0 atom stereocenters. The number of amides is 3. The van der Waals surface area contributed by atoms with Crippen molar-refractivity contribution in [3.63, 3.8) is 0 Å². The highest BCUT2D eigenvalue weighted by Crippen LogP contribution is 2.38. The van der Waals surface area contributed by atoms with Gasteiger partial charge in [-0.1, -0.05) is 11.6 Å². The molecule has 2 heterocycles. The molecule has 2 saturated carbocycles. The van der Waals surface area contributed by atoms with Gasteiger partial charge in [-0.3, -0.25) is 19.3 Å². The summed E-state index contributed by atoms with van der Waals surface area (Å²) in [6.07, 6.45) is 3.96. The largest absolute Gasteiger partial charge is 0.433 e. The first-order valence-electron chi connectivity index (χ1n) is 13.7. The SMILES string of the molecule is CN(c1cc(C(F)(F)F)nc2ccc(Cl)cc12)C1CCC(NC(=O)C2CCC(CN3C(=O)C=CC3=O)CC2)CC1. The van der Waals surface area contributed by atoms with E-state index in [4.69, 9.17) is 11.6 Å². The lowest BCUT2D eigenvalue weighted by molar-refractivity contribution is -0.141. The molecule has 1 aliphatic heterocycles. The van der Waals surface area contributed by atoms with Crippen LogP contribution in [0.2, 0.25) is 5.02 Å². The van der Waals surface area contributed by atoms with E-state index in [0.29, 0.717) is 22.6 Å². The lowest BCUT2D eigenvalue weighted by Crippen LogP contribution is -2.45. The van der Waals surface area contributed by atoms with Crippen molar-refractivity contribution in [2.75, 3.05) is 18.5 Å². The molecular weight excluding hydrogens is 545 g/mol. The van der Waals surface area contributed by atoms with Crippen LogP contribution in [0.5, 0.6) is 0 Å². The van der Waals surface area contributed by atoms with E-state index < -0.39 is 11.9 Å². The van der Waals surface area contributed by atoms with Crippen molar-refractivity contribution < 1.29 is 27.6 Å². The van der Waals surface area contributed by atoms with Crippen molar-refractivity contribution in [1.29, 1.82) is 0 Å². The molecule has 1 aromatic carbocycles. The van der Waals surface area contributed by atoms with Crippen LogP contribution in [0.25, 0.3) is 10.9 Å². The van der Waals surface area contributed by atoms with Crippen LogP contribution in [-0.2, 0) is 20.6 Å². The number of pyridine rings is 1. The summed E-state index contributed by atoms with van der Waals surface area (Å²) >= 11 is 6.16. The highest BCUT2D eigenvalue weighted by molar-refractivity contribution is 6.31. The average Bonchev–Trinajstić information content (AvgIpc) is 3.24. The number of rotatable bonds is 6. The normalized spacial score (nSPS) is 25.5. The molecule has 2 aliphatic carbocycles. The summed E-state index contributed by atoms with van der Waals surface area (Å²) < 4.78 is 40.7. The van der Waals surface area contributed by atoms with Crippen molar-refractivity contribution in [2.24, 2.45) is 11.8 Å². The highest BCUT2D eigenvalue weighted by atomic mass is 35.5. The van der Waals surface area contributed by atoms with Gasteiger partial charge in [0.15, 0.2) is 0 Å². The summed E-state index contributed by atoms with van der Waals surface area (Å²) in [7, 11) is 1.80. The quantitative estimate of drug-likeness (QED) is 0.459. The van der Waals surface area contributed by atoms with E-state index in [2.05, 4.69) is 10.3 Å². The van der Waals surface area contributed by atoms with Crippen molar-refractivity contribution in [2.45, 2.75) is 69.6 Å². The maximum absolute atomic E-state index is 13.6. The minimum absolute atomic E-state index is 0.0137. The van der Waals surface area contributed by atoms with Gasteiger partial charge in [0.2, 0.25) is 5.91 Å². The molecular formula is C29H32ClF3N4O3. The van der Waals surface area contributed by atoms with E-state index in [1.54, 1.807) is 13.1 Å². The Morgan fingerprint density at radius 1 is 1.02 bits per heavy atom. The third-order valence-corrected chi connectivity index (χ3v) is 8.80. The van der Waals surface area contributed by atoms with Gasteiger partial charge in [0.25, 0.3) is 11.8 Å². The van der Waals surface area contributed by atoms with Gasteiger partial charge in [-0.05, 0) is 81.5 Å². The molecule has 2 fully saturated rings. The van der Waals surface area contributed by atoms with E-state index in [0.717, 1.165) is 57.4 Å². The van der Waals surface area contributed by atoms with Gasteiger partial charge in [0.05, 0.1) is 5.52 Å². The summed E-state index contributed by atoms with van der Waals surface area (Å²) in [6.45, 7) is 0.403. The van der Waals surface area contributed by atoms with E-state index in [9.17, 15) is 27.6 Å². The van der Waals surface area contributed by atoms with Crippen molar-refractivity contribution in [3.05, 3.63) is 47.1 Å². The predicted molar refractivity (Wildman–Crippen MR) is 146 cm³/mol. The molecule has 214 valence electrons. The van der Waals surface area contributed by atoms with Crippen molar-refractivity contribution in [1.82, 2.24) is 15.2 Å². The smallest absolute Gasteiger partial charge is 0.371 e. The van der Waals surface area contributed by atoms with Crippen LogP contribution < -0.4 is 10.2 Å². The van der Waals surface area contributed by atoms with Crippen LogP contribution >= 0.6 is 11.6 Å². The fraction of sp³-hybridized carbons (Fsp3) is 0.517. The number of hydrogen-bond donors (Lipinski definition) is 1. The number of imide groups is 1. The molecule has 1 aromatic heterocycles. The van der Waals surface area contributed by atoms with Gasteiger partial charge in [0, 0.05) is 59.8 Å². The molecule has 0 bridgehead atoms. The second kappa shape index (κ2) is 11.4. The molecule has 40 heavy (non-hydrogen) atoms. The zero-order valence-electron chi connectivity index (χ0n) is 22.2. The molecule has 3 aliphatic rings. The minimum Gasteiger partial charge on any atom is -0.371 e. The standard InChI is InChI=1S/C29H32ClF3N4O3/c1-36(24-15-25(29(31,32)33)35-23-11-6-19(30)14-22(23)24)21-9-7-20(8-10-21)34-28(40)18-4-2-17(3-5-18)16-37-26(38)12-13-27(37)39/h6,11-15,17-18,20-21H,2-5,7-10,16H2,1H3,(H,34,40). The number of nitrogens with zero attached hydrogens (tertiary/aromatic N) is 3. The number of anilines is 1. The first-order chi connectivity index (χ1) is 19.0. The molecule has 1 N–H and O–H groups in total. The minimum atomic E-state index is -4.56. The van der Waals surface area contributed by atoms with E-state index >= 15 is 0 Å². The molecule has 3 amide bonds. The number of hydrogen-bond acceptors (Lipinski definition) is 5. The van der Waals surface area contributed by atoms with Gasteiger partial charge in [0.1, 0.15) is 5.69 Å². The van der Waals surface area contributed by atoms with Gasteiger partial charge in [-0.15, -0.1) is 0 Å². The molecule has 2 aromatic rings. The van der Waals surface area contributed by atoms with E-state index in [1.807, 2.05) is 4.90 Å². The predicted octanol–water partition coefficient (Wildman–Crippen LogP) is 5.50. The number of halogens is 4. The Morgan fingerprint density at radius 2 is 1.68 bits per heavy atom. The summed E-state index contributed by atoms with van der Waals surface area (Å²) in [6, 6.07) is 5.82. The molecule has 5 rings (SSSR count). The Labute approximate surface area is 235 Å². The number of fused-ring (bicyclic) bond motifs is 1. The number of benzene rings is 1. The van der Waals surface area contributed by atoms with Crippen molar-refractivity contribution in [3.8, 4) is 0 Å². The van der Waals surface area contributed by atoms with Gasteiger partial charge >= 0.3 is 6.18 Å². The number of carbonyl (C=O) groups excluding carboxylic acids is 3. The summed E-state index contributed by atoms with van der Waals surface area (Å²) in [4.78, 5) is 43.6. The monoisotopic (exact) mass is 576 g/mol. The molecule has 0 unspecified atom stereocenters. The third kappa shape index (κ3) is 6.11. The zero-order chi connectivity index (χ0) is 28.6. The Bertz CT molecular complexity index is 1310. The number of alkyl halides is 3. The third-order valence-electron chi connectivity index (χ3n) is 8.57.